The average molecular weight is 466 g/mol. The molecule has 2 fully saturated rings. The summed E-state index contributed by atoms with van der Waals surface area (Å²) in [7, 11) is 1.60. The van der Waals surface area contributed by atoms with Gasteiger partial charge in [-0.3, -0.25) is 19.9 Å². The number of aliphatic hydroxyl groups is 1. The van der Waals surface area contributed by atoms with Gasteiger partial charge in [-0.25, -0.2) is 9.69 Å². The average Bonchev–Trinajstić information content (AvgIpc) is 3.54. The lowest BCUT2D eigenvalue weighted by Gasteiger charge is -2.21. The molecular weight excluding hydrogens is 438 g/mol. The van der Waals surface area contributed by atoms with Crippen molar-refractivity contribution in [1.29, 1.82) is 0 Å². The number of likely N-dealkylation sites (tertiary alicyclic amines) is 1. The molecule has 3 N–H and O–H groups in total. The van der Waals surface area contributed by atoms with Gasteiger partial charge in [-0.05, 0) is 37.1 Å². The number of benzene rings is 1. The molecule has 0 radical (unpaired) electrons. The number of carbonyl (C=O) groups excluding carboxylic acids is 3. The third-order valence-electron chi connectivity index (χ3n) is 6.85. The number of pyridine rings is 1. The summed E-state index contributed by atoms with van der Waals surface area (Å²) in [4.78, 5) is 46.0. The summed E-state index contributed by atoms with van der Waals surface area (Å²) in [5, 5.41) is 15.2. The van der Waals surface area contributed by atoms with Gasteiger partial charge in [-0.1, -0.05) is 30.3 Å². The molecule has 3 amide bonds. The Balaban J connectivity index is 1.28. The monoisotopic (exact) mass is 465 g/mol. The van der Waals surface area contributed by atoms with Crippen molar-refractivity contribution in [2.24, 2.45) is 0 Å². The van der Waals surface area contributed by atoms with Gasteiger partial charge in [0.25, 0.3) is 5.91 Å². The van der Waals surface area contributed by atoms with Crippen molar-refractivity contribution in [1.82, 2.24) is 20.1 Å². The van der Waals surface area contributed by atoms with Crippen LogP contribution in [0.3, 0.4) is 0 Å². The molecule has 0 bridgehead atoms. The van der Waals surface area contributed by atoms with Crippen LogP contribution in [0.15, 0.2) is 42.6 Å². The van der Waals surface area contributed by atoms with Gasteiger partial charge >= 0.3 is 6.09 Å². The molecule has 1 aromatic heterocycles. The Morgan fingerprint density at radius 2 is 2.12 bits per heavy atom. The summed E-state index contributed by atoms with van der Waals surface area (Å²) in [6, 6.07) is 11.8. The van der Waals surface area contributed by atoms with E-state index in [-0.39, 0.29) is 24.8 Å². The number of imide groups is 1. The van der Waals surface area contributed by atoms with Crippen LogP contribution in [-0.4, -0.2) is 70.8 Å². The highest BCUT2D eigenvalue weighted by molar-refractivity contribution is 6.06. The van der Waals surface area contributed by atoms with Crippen LogP contribution in [0.4, 0.5) is 10.5 Å². The summed E-state index contributed by atoms with van der Waals surface area (Å²) >= 11 is 0. The van der Waals surface area contributed by atoms with Crippen molar-refractivity contribution in [2.75, 3.05) is 32.0 Å². The summed E-state index contributed by atoms with van der Waals surface area (Å²) in [6.07, 6.45) is 1.31. The molecule has 178 valence electrons. The quantitative estimate of drug-likeness (QED) is 0.543. The fourth-order valence-electron chi connectivity index (χ4n) is 5.01. The van der Waals surface area contributed by atoms with Crippen molar-refractivity contribution in [3.05, 3.63) is 59.4 Å². The molecule has 1 aliphatic carbocycles. The summed E-state index contributed by atoms with van der Waals surface area (Å²) in [5.74, 6) is -0.577. The van der Waals surface area contributed by atoms with E-state index in [1.807, 2.05) is 18.2 Å². The number of rotatable bonds is 6. The van der Waals surface area contributed by atoms with Gasteiger partial charge in [-0.2, -0.15) is 0 Å². The molecule has 1 spiro atoms. The molecule has 10 heteroatoms. The van der Waals surface area contributed by atoms with E-state index in [0.29, 0.717) is 30.9 Å². The topological polar surface area (TPSA) is 124 Å². The first-order valence-corrected chi connectivity index (χ1v) is 11.4. The van der Waals surface area contributed by atoms with Crippen molar-refractivity contribution in [3.8, 4) is 0 Å². The number of hydrogen-bond acceptors (Lipinski definition) is 8. The van der Waals surface area contributed by atoms with E-state index in [4.69, 9.17) is 4.74 Å². The Morgan fingerprint density at radius 3 is 2.88 bits per heavy atom. The Morgan fingerprint density at radius 1 is 1.32 bits per heavy atom. The van der Waals surface area contributed by atoms with E-state index in [2.05, 4.69) is 27.8 Å². The Kier molecular flexibility index (Phi) is 5.70. The zero-order chi connectivity index (χ0) is 23.9. The summed E-state index contributed by atoms with van der Waals surface area (Å²) < 4.78 is 5.58. The van der Waals surface area contributed by atoms with Crippen LogP contribution in [0.5, 0.6) is 0 Å². The number of amides is 3. The van der Waals surface area contributed by atoms with Crippen LogP contribution < -0.4 is 10.6 Å². The third-order valence-corrected chi connectivity index (χ3v) is 6.85. The third kappa shape index (κ3) is 3.78. The SMILES string of the molecule is CNC(O)Nc1cnc2c(c1)CC[C@@]21OC(=O)N(CC(=O)N2CC[C@@H](c3ccccc3)C2)C1=O. The summed E-state index contributed by atoms with van der Waals surface area (Å²) in [6.45, 7) is 0.799. The largest absolute Gasteiger partial charge is 0.426 e. The lowest BCUT2D eigenvalue weighted by molar-refractivity contribution is -0.141. The van der Waals surface area contributed by atoms with Gasteiger partial charge in [0.1, 0.15) is 6.54 Å². The smallest absolute Gasteiger partial charge is 0.418 e. The normalized spacial score (nSPS) is 24.5. The number of hydrogen-bond donors (Lipinski definition) is 3. The van der Waals surface area contributed by atoms with Crippen molar-refractivity contribution in [2.45, 2.75) is 37.1 Å². The molecule has 3 heterocycles. The maximum atomic E-state index is 13.4. The Labute approximate surface area is 196 Å². The summed E-state index contributed by atoms with van der Waals surface area (Å²) in [5.41, 5.74) is 1.40. The van der Waals surface area contributed by atoms with Gasteiger partial charge in [0.05, 0.1) is 17.6 Å². The van der Waals surface area contributed by atoms with Crippen LogP contribution in [-0.2, 0) is 26.3 Å². The molecule has 1 aromatic carbocycles. The number of anilines is 1. The van der Waals surface area contributed by atoms with Crippen molar-refractivity contribution in [3.63, 3.8) is 0 Å². The standard InChI is InChI=1S/C24H27N5O5/c1-25-22(32)27-18-11-16-7-9-24(20(16)26-12-18)21(31)29(23(33)34-24)14-19(30)28-10-8-17(13-28)15-5-3-2-4-6-15/h2-6,11-12,17,22,25,27,32H,7-10,13-14H2,1H3/t17-,22?,24-/m1/s1. The fraction of sp³-hybridized carbons (Fsp3) is 0.417. The van der Waals surface area contributed by atoms with E-state index in [0.717, 1.165) is 16.9 Å². The first-order chi connectivity index (χ1) is 16.4. The minimum Gasteiger partial charge on any atom is -0.426 e. The lowest BCUT2D eigenvalue weighted by Crippen LogP contribution is -2.44. The lowest BCUT2D eigenvalue weighted by atomic mass is 9.99. The number of fused-ring (bicyclic) bond motifs is 2. The minimum absolute atomic E-state index is 0.243. The molecule has 34 heavy (non-hydrogen) atoms. The van der Waals surface area contributed by atoms with Gasteiger partial charge < -0.3 is 20.1 Å². The molecule has 3 aliphatic rings. The number of aryl methyl sites for hydroxylation is 1. The van der Waals surface area contributed by atoms with Crippen LogP contribution in [0.25, 0.3) is 0 Å². The number of nitrogens with one attached hydrogen (secondary N) is 2. The second-order valence-corrected chi connectivity index (χ2v) is 8.89. The minimum atomic E-state index is -1.50. The van der Waals surface area contributed by atoms with Crippen LogP contribution in [0, 0.1) is 0 Å². The second-order valence-electron chi connectivity index (χ2n) is 8.89. The van der Waals surface area contributed by atoms with Gasteiger partial charge in [0, 0.05) is 25.4 Å². The van der Waals surface area contributed by atoms with Crippen LogP contribution in [0.2, 0.25) is 0 Å². The van der Waals surface area contributed by atoms with E-state index in [9.17, 15) is 19.5 Å². The predicted octanol–water partition coefficient (Wildman–Crippen LogP) is 1.13. The van der Waals surface area contributed by atoms with Crippen molar-refractivity contribution >= 4 is 23.6 Å². The highest BCUT2D eigenvalue weighted by Crippen LogP contribution is 2.44. The fourth-order valence-corrected chi connectivity index (χ4v) is 5.01. The molecule has 3 atom stereocenters. The maximum absolute atomic E-state index is 13.4. The molecule has 0 saturated carbocycles. The second kappa shape index (κ2) is 8.69. The molecule has 2 aliphatic heterocycles. The first-order valence-electron chi connectivity index (χ1n) is 11.4. The number of aromatic nitrogens is 1. The molecule has 1 unspecified atom stereocenters. The van der Waals surface area contributed by atoms with Gasteiger partial charge in [0.15, 0.2) is 6.35 Å². The number of aliphatic hydroxyl groups excluding tert-OH is 1. The highest BCUT2D eigenvalue weighted by Gasteiger charge is 2.59. The predicted molar refractivity (Wildman–Crippen MR) is 121 cm³/mol. The van der Waals surface area contributed by atoms with Gasteiger partial charge in [0.2, 0.25) is 11.5 Å². The number of carbonyl (C=O) groups is 3. The van der Waals surface area contributed by atoms with E-state index >= 15 is 0 Å². The van der Waals surface area contributed by atoms with E-state index in [1.165, 1.54) is 11.8 Å². The molecular formula is C24H27N5O5. The Hall–Kier alpha value is -3.50. The molecule has 2 saturated heterocycles. The zero-order valence-corrected chi connectivity index (χ0v) is 18.9. The number of nitrogens with zero attached hydrogens (tertiary/aromatic N) is 3. The van der Waals surface area contributed by atoms with Gasteiger partial charge in [-0.15, -0.1) is 0 Å². The van der Waals surface area contributed by atoms with E-state index in [1.54, 1.807) is 18.0 Å². The Bertz CT molecular complexity index is 1130. The maximum Gasteiger partial charge on any atom is 0.418 e. The highest BCUT2D eigenvalue weighted by atomic mass is 16.6. The van der Waals surface area contributed by atoms with Crippen LogP contribution in [0.1, 0.15) is 35.6 Å². The zero-order valence-electron chi connectivity index (χ0n) is 18.9. The molecule has 10 nitrogen and oxygen atoms in total. The molecule has 5 rings (SSSR count). The van der Waals surface area contributed by atoms with Crippen LogP contribution >= 0.6 is 0 Å². The first kappa shape index (κ1) is 22.3. The number of ether oxygens (including phenoxy) is 1. The molecule has 2 aromatic rings. The van der Waals surface area contributed by atoms with Crippen molar-refractivity contribution < 1.29 is 24.2 Å². The van der Waals surface area contributed by atoms with E-state index < -0.39 is 24.0 Å².